The van der Waals surface area contributed by atoms with E-state index in [0.717, 1.165) is 25.7 Å². The van der Waals surface area contributed by atoms with Crippen LogP contribution in [-0.2, 0) is 4.79 Å². The molecule has 0 bridgehead atoms. The van der Waals surface area contributed by atoms with Crippen LogP contribution in [0.3, 0.4) is 0 Å². The highest BCUT2D eigenvalue weighted by molar-refractivity contribution is 5.75. The minimum atomic E-state index is -0.472. The van der Waals surface area contributed by atoms with Crippen LogP contribution in [0.1, 0.15) is 59.3 Å². The highest BCUT2D eigenvalue weighted by Crippen LogP contribution is 2.09. The highest BCUT2D eigenvalue weighted by Gasteiger charge is 2.00. The van der Waals surface area contributed by atoms with Crippen molar-refractivity contribution in [2.45, 2.75) is 65.4 Å². The third kappa shape index (κ3) is 13.4. The molecule has 2 unspecified atom stereocenters. The number of aliphatic hydroxyl groups is 1. The lowest BCUT2D eigenvalue weighted by molar-refractivity contribution is -0.117. The van der Waals surface area contributed by atoms with Crippen molar-refractivity contribution in [3.8, 4) is 11.8 Å². The first-order chi connectivity index (χ1) is 10.6. The van der Waals surface area contributed by atoms with Crippen molar-refractivity contribution in [1.29, 1.82) is 0 Å². The van der Waals surface area contributed by atoms with E-state index in [-0.39, 0.29) is 5.78 Å². The van der Waals surface area contributed by atoms with Gasteiger partial charge in [0.05, 0.1) is 6.10 Å². The molecule has 0 saturated carbocycles. The van der Waals surface area contributed by atoms with Crippen LogP contribution in [0, 0.1) is 17.8 Å². The van der Waals surface area contributed by atoms with E-state index in [9.17, 15) is 9.90 Å². The number of hydrogen-bond acceptors (Lipinski definition) is 2. The minimum absolute atomic E-state index is 0.176. The first-order valence-electron chi connectivity index (χ1n) is 8.25. The summed E-state index contributed by atoms with van der Waals surface area (Å²) >= 11 is 0. The molecular weight excluding hydrogens is 272 g/mol. The van der Waals surface area contributed by atoms with Gasteiger partial charge in [-0.2, -0.15) is 0 Å². The average molecular weight is 302 g/mol. The fraction of sp³-hybridized carbons (Fsp3) is 0.550. The van der Waals surface area contributed by atoms with Crippen LogP contribution >= 0.6 is 0 Å². The molecule has 1 N–H and O–H groups in total. The molecule has 0 aliphatic carbocycles. The Morgan fingerprint density at radius 3 is 2.36 bits per heavy atom. The molecule has 2 heteroatoms. The Kier molecular flexibility index (Phi) is 13.3. The number of allylic oxidation sites excluding steroid dienone is 5. The summed E-state index contributed by atoms with van der Waals surface area (Å²) in [5.41, 5.74) is 0. The number of ketones is 1. The van der Waals surface area contributed by atoms with Crippen molar-refractivity contribution in [2.75, 3.05) is 0 Å². The predicted molar refractivity (Wildman–Crippen MR) is 94.4 cm³/mol. The van der Waals surface area contributed by atoms with Gasteiger partial charge in [0.2, 0.25) is 0 Å². The second-order valence-electron chi connectivity index (χ2n) is 5.40. The van der Waals surface area contributed by atoms with Gasteiger partial charge in [0.1, 0.15) is 5.78 Å². The maximum atomic E-state index is 10.8. The molecule has 0 aliphatic rings. The van der Waals surface area contributed by atoms with E-state index < -0.39 is 6.10 Å². The Labute approximate surface area is 136 Å². The summed E-state index contributed by atoms with van der Waals surface area (Å²) in [4.78, 5) is 10.8. The van der Waals surface area contributed by atoms with E-state index >= 15 is 0 Å². The van der Waals surface area contributed by atoms with Crippen LogP contribution in [-0.4, -0.2) is 17.0 Å². The van der Waals surface area contributed by atoms with Gasteiger partial charge < -0.3 is 9.90 Å². The third-order valence-corrected chi connectivity index (χ3v) is 3.27. The molecule has 0 fully saturated rings. The number of carbonyl (C=O) groups excluding carboxylic acids is 1. The van der Waals surface area contributed by atoms with Crippen molar-refractivity contribution in [1.82, 2.24) is 0 Å². The molecule has 0 radical (unpaired) electrons. The lowest BCUT2D eigenvalue weighted by Crippen LogP contribution is -2.02. The van der Waals surface area contributed by atoms with Gasteiger partial charge in [-0.3, -0.25) is 0 Å². The molecule has 0 spiro atoms. The van der Waals surface area contributed by atoms with Crippen LogP contribution in [0.25, 0.3) is 0 Å². The topological polar surface area (TPSA) is 37.3 Å². The van der Waals surface area contributed by atoms with E-state index in [1.165, 1.54) is 0 Å². The second kappa shape index (κ2) is 14.4. The largest absolute Gasteiger partial charge is 0.389 e. The Bertz CT molecular complexity index is 432. The number of Topliss-reactive ketones (excluding diaryl/α,β-unsaturated/α-hetero) is 1. The Balaban J connectivity index is 4.01. The molecule has 0 heterocycles. The van der Waals surface area contributed by atoms with Gasteiger partial charge in [0.15, 0.2) is 0 Å². The van der Waals surface area contributed by atoms with Crippen molar-refractivity contribution < 1.29 is 9.90 Å². The number of hydrogen-bond donors (Lipinski definition) is 1. The first kappa shape index (κ1) is 20.4. The zero-order chi connectivity index (χ0) is 16.6. The number of carbonyl (C=O) groups is 1. The molecule has 2 nitrogen and oxygen atoms in total. The summed E-state index contributed by atoms with van der Waals surface area (Å²) in [5, 5.41) is 9.70. The monoisotopic (exact) mass is 302 g/mol. The Hall–Kier alpha value is -1.59. The fourth-order valence-corrected chi connectivity index (χ4v) is 1.88. The summed E-state index contributed by atoms with van der Waals surface area (Å²) in [6, 6.07) is 0. The maximum absolute atomic E-state index is 10.8. The van der Waals surface area contributed by atoms with Gasteiger partial charge >= 0.3 is 0 Å². The van der Waals surface area contributed by atoms with Crippen LogP contribution in [0.4, 0.5) is 0 Å². The molecule has 0 saturated heterocycles. The molecule has 0 aromatic heterocycles. The average Bonchev–Trinajstić information content (AvgIpc) is 2.48. The number of rotatable bonds is 10. The SMILES string of the molecule is CCC#CCC(C=CC=CC=CC(O)CCCC(C)=O)CC. The Morgan fingerprint density at radius 1 is 1.09 bits per heavy atom. The summed E-state index contributed by atoms with van der Waals surface area (Å²) < 4.78 is 0. The fourth-order valence-electron chi connectivity index (χ4n) is 1.88. The van der Waals surface area contributed by atoms with Crippen LogP contribution in [0.2, 0.25) is 0 Å². The summed E-state index contributed by atoms with van der Waals surface area (Å²) in [6.45, 7) is 5.81. The van der Waals surface area contributed by atoms with Gasteiger partial charge in [-0.15, -0.1) is 11.8 Å². The molecule has 22 heavy (non-hydrogen) atoms. The first-order valence-corrected chi connectivity index (χ1v) is 8.25. The lowest BCUT2D eigenvalue weighted by atomic mass is 10.0. The third-order valence-electron chi connectivity index (χ3n) is 3.27. The van der Waals surface area contributed by atoms with Gasteiger partial charge in [-0.05, 0) is 32.1 Å². The molecule has 0 aromatic carbocycles. The van der Waals surface area contributed by atoms with Crippen molar-refractivity contribution in [2.24, 2.45) is 5.92 Å². The second-order valence-corrected chi connectivity index (χ2v) is 5.40. The summed E-state index contributed by atoms with van der Waals surface area (Å²) in [7, 11) is 0. The zero-order valence-corrected chi connectivity index (χ0v) is 14.2. The van der Waals surface area contributed by atoms with Gasteiger partial charge in [-0.1, -0.05) is 50.3 Å². The molecule has 2 atom stereocenters. The van der Waals surface area contributed by atoms with Crippen molar-refractivity contribution in [3.05, 3.63) is 36.5 Å². The van der Waals surface area contributed by atoms with E-state index in [1.54, 1.807) is 13.0 Å². The van der Waals surface area contributed by atoms with Gasteiger partial charge in [0, 0.05) is 19.3 Å². The van der Waals surface area contributed by atoms with Crippen LogP contribution in [0.5, 0.6) is 0 Å². The molecule has 0 aliphatic heterocycles. The molecular formula is C20H30O2. The summed E-state index contributed by atoms with van der Waals surface area (Å²) in [6.07, 6.45) is 16.1. The van der Waals surface area contributed by atoms with Crippen molar-refractivity contribution >= 4 is 5.78 Å². The standard InChI is InChI=1S/C20H30O2/c1-4-6-9-14-19(5-2)15-10-7-8-11-16-20(22)17-12-13-18(3)21/h7-8,10-11,15-16,19-20,22H,4-5,12-14,17H2,1-3H3. The molecule has 0 amide bonds. The molecule has 0 rings (SSSR count). The van der Waals surface area contributed by atoms with E-state index in [4.69, 9.17) is 0 Å². The van der Waals surface area contributed by atoms with E-state index in [1.807, 2.05) is 24.3 Å². The van der Waals surface area contributed by atoms with E-state index in [2.05, 4.69) is 31.8 Å². The van der Waals surface area contributed by atoms with Crippen LogP contribution in [0.15, 0.2) is 36.5 Å². The number of aliphatic hydroxyl groups excluding tert-OH is 1. The molecule has 0 aromatic rings. The lowest BCUT2D eigenvalue weighted by Gasteiger charge is -2.03. The van der Waals surface area contributed by atoms with Gasteiger partial charge in [-0.25, -0.2) is 0 Å². The minimum Gasteiger partial charge on any atom is -0.389 e. The summed E-state index contributed by atoms with van der Waals surface area (Å²) in [5.74, 6) is 6.96. The van der Waals surface area contributed by atoms with E-state index in [0.29, 0.717) is 18.8 Å². The smallest absolute Gasteiger partial charge is 0.129 e. The highest BCUT2D eigenvalue weighted by atomic mass is 16.3. The van der Waals surface area contributed by atoms with Crippen LogP contribution < -0.4 is 0 Å². The quantitative estimate of drug-likeness (QED) is 0.473. The zero-order valence-electron chi connectivity index (χ0n) is 14.2. The molecule has 122 valence electrons. The van der Waals surface area contributed by atoms with Crippen molar-refractivity contribution in [3.63, 3.8) is 0 Å². The van der Waals surface area contributed by atoms with Gasteiger partial charge in [0.25, 0.3) is 0 Å². The Morgan fingerprint density at radius 2 is 1.77 bits per heavy atom. The maximum Gasteiger partial charge on any atom is 0.129 e. The normalized spacial score (nSPS) is 14.4. The predicted octanol–water partition coefficient (Wildman–Crippen LogP) is 4.60.